The summed E-state index contributed by atoms with van der Waals surface area (Å²) in [5.74, 6) is 1.58. The van der Waals surface area contributed by atoms with E-state index in [2.05, 4.69) is 30.9 Å². The van der Waals surface area contributed by atoms with Gasteiger partial charge in [-0.25, -0.2) is 23.4 Å². The Morgan fingerprint density at radius 2 is 1.80 bits per heavy atom. The molecule has 0 atom stereocenters. The predicted octanol–water partition coefficient (Wildman–Crippen LogP) is 4.00. The summed E-state index contributed by atoms with van der Waals surface area (Å²) in [5.41, 5.74) is 2.66. The van der Waals surface area contributed by atoms with Crippen LogP contribution in [0.2, 0.25) is 0 Å². The molecule has 0 amide bonds. The summed E-state index contributed by atoms with van der Waals surface area (Å²) in [4.78, 5) is 13.0. The molecule has 1 aromatic carbocycles. The molecule has 1 saturated heterocycles. The quantitative estimate of drug-likeness (QED) is 0.447. The SMILES string of the molecule is CC.CS(=O)(=O)c1cccc(-c2cnc(Nc3cnc(C#N)cn3)cc2NCC2CCNCC2)c1. The summed E-state index contributed by atoms with van der Waals surface area (Å²) >= 11 is 0. The van der Waals surface area contributed by atoms with E-state index in [4.69, 9.17) is 5.26 Å². The van der Waals surface area contributed by atoms with Gasteiger partial charge in [-0.1, -0.05) is 26.0 Å². The lowest BCUT2D eigenvalue weighted by Gasteiger charge is -2.24. The van der Waals surface area contributed by atoms with Crippen LogP contribution in [0, 0.1) is 17.2 Å². The number of benzene rings is 1. The summed E-state index contributed by atoms with van der Waals surface area (Å²) in [6.45, 7) is 6.83. The van der Waals surface area contributed by atoms with Gasteiger partial charge in [0.25, 0.3) is 0 Å². The first kappa shape index (κ1) is 26.1. The molecule has 10 heteroatoms. The van der Waals surface area contributed by atoms with Crippen LogP contribution in [0.5, 0.6) is 0 Å². The zero-order chi connectivity index (χ0) is 25.3. The lowest BCUT2D eigenvalue weighted by Crippen LogP contribution is -2.31. The van der Waals surface area contributed by atoms with Gasteiger partial charge in [-0.15, -0.1) is 0 Å². The third-order valence-electron chi connectivity index (χ3n) is 5.54. The van der Waals surface area contributed by atoms with Gasteiger partial charge in [0.15, 0.2) is 15.5 Å². The summed E-state index contributed by atoms with van der Waals surface area (Å²) < 4.78 is 24.1. The Balaban J connectivity index is 0.00000167. The van der Waals surface area contributed by atoms with Gasteiger partial charge in [0.2, 0.25) is 0 Å². The average Bonchev–Trinajstić information content (AvgIpc) is 2.89. The topological polar surface area (TPSA) is 133 Å². The Kier molecular flexibility index (Phi) is 9.11. The lowest BCUT2D eigenvalue weighted by atomic mass is 9.97. The van der Waals surface area contributed by atoms with Crippen molar-refractivity contribution >= 4 is 27.2 Å². The largest absolute Gasteiger partial charge is 0.384 e. The van der Waals surface area contributed by atoms with Crippen molar-refractivity contribution in [2.45, 2.75) is 31.6 Å². The van der Waals surface area contributed by atoms with Crippen LogP contribution in [0.1, 0.15) is 32.4 Å². The van der Waals surface area contributed by atoms with Crippen LogP contribution in [0.4, 0.5) is 17.3 Å². The zero-order valence-electron chi connectivity index (χ0n) is 20.2. The Morgan fingerprint density at radius 3 is 2.46 bits per heavy atom. The van der Waals surface area contributed by atoms with E-state index in [1.807, 2.05) is 32.0 Å². The van der Waals surface area contributed by atoms with Gasteiger partial charge in [-0.05, 0) is 49.5 Å². The highest BCUT2D eigenvalue weighted by Gasteiger charge is 2.16. The van der Waals surface area contributed by atoms with Gasteiger partial charge in [-0.3, -0.25) is 0 Å². The summed E-state index contributed by atoms with van der Waals surface area (Å²) in [6, 6.07) is 10.7. The van der Waals surface area contributed by atoms with E-state index in [-0.39, 0.29) is 10.6 Å². The van der Waals surface area contributed by atoms with E-state index in [0.717, 1.165) is 49.3 Å². The van der Waals surface area contributed by atoms with E-state index in [9.17, 15) is 8.42 Å². The normalized spacial score (nSPS) is 13.8. The molecule has 3 N–H and O–H groups in total. The summed E-state index contributed by atoms with van der Waals surface area (Å²) in [6.07, 6.45) is 7.99. The van der Waals surface area contributed by atoms with E-state index in [1.54, 1.807) is 24.4 Å². The number of nitrogens with one attached hydrogen (secondary N) is 3. The minimum absolute atomic E-state index is 0.235. The Morgan fingerprint density at radius 1 is 1.06 bits per heavy atom. The van der Waals surface area contributed by atoms with E-state index < -0.39 is 9.84 Å². The van der Waals surface area contributed by atoms with Crippen LogP contribution in [0.25, 0.3) is 11.1 Å². The minimum Gasteiger partial charge on any atom is -0.384 e. The first-order valence-electron chi connectivity index (χ1n) is 11.7. The third-order valence-corrected chi connectivity index (χ3v) is 6.65. The smallest absolute Gasteiger partial charge is 0.175 e. The number of hydrogen-bond acceptors (Lipinski definition) is 9. The second-order valence-electron chi connectivity index (χ2n) is 8.01. The molecule has 4 rings (SSSR count). The fourth-order valence-corrected chi connectivity index (χ4v) is 4.38. The Hall–Kier alpha value is -3.55. The third kappa shape index (κ3) is 7.21. The maximum atomic E-state index is 12.1. The van der Waals surface area contributed by atoms with Crippen LogP contribution in [-0.2, 0) is 9.84 Å². The molecule has 0 radical (unpaired) electrons. The molecule has 0 spiro atoms. The van der Waals surface area contributed by atoms with Crippen molar-refractivity contribution in [2.24, 2.45) is 5.92 Å². The maximum absolute atomic E-state index is 12.1. The molecule has 184 valence electrons. The van der Waals surface area contributed by atoms with E-state index in [0.29, 0.717) is 17.6 Å². The van der Waals surface area contributed by atoms with Gasteiger partial charge in [0.1, 0.15) is 17.7 Å². The van der Waals surface area contributed by atoms with Crippen molar-refractivity contribution in [1.29, 1.82) is 5.26 Å². The standard InChI is InChI=1S/C23H25N7O2S.C2H6/c1-33(31,32)19-4-2-3-17(9-19)20-14-29-22(30-23-15-26-18(11-24)13-28-23)10-21(20)27-12-16-5-7-25-8-6-16;1-2/h2-4,9-10,13-16,25H,5-8,12H2,1H3,(H2,27,28,29,30);1-2H3. The fourth-order valence-electron chi connectivity index (χ4n) is 3.72. The highest BCUT2D eigenvalue weighted by Crippen LogP contribution is 2.32. The van der Waals surface area contributed by atoms with Gasteiger partial charge in [0, 0.05) is 36.3 Å². The van der Waals surface area contributed by atoms with Gasteiger partial charge in [0.05, 0.1) is 17.3 Å². The van der Waals surface area contributed by atoms with Crippen LogP contribution < -0.4 is 16.0 Å². The number of piperidine rings is 1. The monoisotopic (exact) mass is 493 g/mol. The molecule has 35 heavy (non-hydrogen) atoms. The molecular weight excluding hydrogens is 462 g/mol. The number of pyridine rings is 1. The number of nitriles is 1. The second-order valence-corrected chi connectivity index (χ2v) is 10.0. The Bertz CT molecular complexity index is 1270. The van der Waals surface area contributed by atoms with Gasteiger partial charge < -0.3 is 16.0 Å². The minimum atomic E-state index is -3.33. The van der Waals surface area contributed by atoms with Crippen LogP contribution in [0.15, 0.2) is 53.8 Å². The Labute approximate surface area is 207 Å². The number of anilines is 3. The summed E-state index contributed by atoms with van der Waals surface area (Å²) in [7, 11) is -3.33. The second kappa shape index (κ2) is 12.2. The molecule has 2 aromatic heterocycles. The molecular formula is C25H31N7O2S. The molecule has 0 saturated carbocycles. The van der Waals surface area contributed by atoms with Crippen molar-refractivity contribution < 1.29 is 8.42 Å². The molecule has 1 fully saturated rings. The number of sulfone groups is 1. The van der Waals surface area contributed by atoms with Crippen molar-refractivity contribution in [3.05, 3.63) is 54.6 Å². The average molecular weight is 494 g/mol. The van der Waals surface area contributed by atoms with Crippen molar-refractivity contribution in [1.82, 2.24) is 20.3 Å². The van der Waals surface area contributed by atoms with Crippen LogP contribution in [0.3, 0.4) is 0 Å². The molecule has 1 aliphatic rings. The molecule has 9 nitrogen and oxygen atoms in total. The molecule has 0 unspecified atom stereocenters. The van der Waals surface area contributed by atoms with Crippen molar-refractivity contribution in [3.63, 3.8) is 0 Å². The number of rotatable bonds is 7. The lowest BCUT2D eigenvalue weighted by molar-refractivity contribution is 0.390. The number of hydrogen-bond donors (Lipinski definition) is 3. The first-order chi connectivity index (χ1) is 16.9. The number of nitrogens with zero attached hydrogens (tertiary/aromatic N) is 4. The highest BCUT2D eigenvalue weighted by atomic mass is 32.2. The van der Waals surface area contributed by atoms with Crippen LogP contribution >= 0.6 is 0 Å². The predicted molar refractivity (Wildman–Crippen MR) is 138 cm³/mol. The molecule has 0 bridgehead atoms. The van der Waals surface area contributed by atoms with Crippen molar-refractivity contribution in [2.75, 3.05) is 36.5 Å². The van der Waals surface area contributed by atoms with Crippen molar-refractivity contribution in [3.8, 4) is 17.2 Å². The van der Waals surface area contributed by atoms with E-state index >= 15 is 0 Å². The van der Waals surface area contributed by atoms with Gasteiger partial charge in [-0.2, -0.15) is 5.26 Å². The van der Waals surface area contributed by atoms with Crippen LogP contribution in [-0.4, -0.2) is 49.3 Å². The first-order valence-corrected chi connectivity index (χ1v) is 13.6. The maximum Gasteiger partial charge on any atom is 0.175 e. The van der Waals surface area contributed by atoms with E-state index in [1.165, 1.54) is 18.6 Å². The number of aromatic nitrogens is 3. The fraction of sp³-hybridized carbons (Fsp3) is 0.360. The zero-order valence-corrected chi connectivity index (χ0v) is 21.1. The summed E-state index contributed by atoms with van der Waals surface area (Å²) in [5, 5.41) is 18.9. The molecule has 3 aromatic rings. The molecule has 3 heterocycles. The van der Waals surface area contributed by atoms with Gasteiger partial charge >= 0.3 is 0 Å². The molecule has 1 aliphatic heterocycles. The highest BCUT2D eigenvalue weighted by molar-refractivity contribution is 7.90. The molecule has 0 aliphatic carbocycles.